The Hall–Kier alpha value is -3.11. The Kier molecular flexibility index (Phi) is 8.29. The van der Waals surface area contributed by atoms with Crippen LogP contribution < -0.4 is 14.8 Å². The lowest BCUT2D eigenvalue weighted by atomic mass is 10.1. The van der Waals surface area contributed by atoms with Crippen molar-refractivity contribution in [2.24, 2.45) is 0 Å². The molecule has 0 radical (unpaired) electrons. The van der Waals surface area contributed by atoms with Crippen molar-refractivity contribution in [3.63, 3.8) is 0 Å². The van der Waals surface area contributed by atoms with Gasteiger partial charge in [-0.3, -0.25) is 9.52 Å². The van der Waals surface area contributed by atoms with E-state index >= 15 is 0 Å². The van der Waals surface area contributed by atoms with Crippen molar-refractivity contribution >= 4 is 33.4 Å². The molecule has 0 unspecified atom stereocenters. The summed E-state index contributed by atoms with van der Waals surface area (Å²) in [5, 5.41) is 2.78. The van der Waals surface area contributed by atoms with Crippen molar-refractivity contribution in [2.75, 3.05) is 18.4 Å². The molecule has 0 fully saturated rings. The van der Waals surface area contributed by atoms with Crippen LogP contribution in [0.4, 0.5) is 14.5 Å². The molecule has 3 aromatic carbocycles. The van der Waals surface area contributed by atoms with E-state index in [9.17, 15) is 22.0 Å². The Morgan fingerprint density at radius 1 is 1.03 bits per heavy atom. The molecule has 3 aromatic rings. The van der Waals surface area contributed by atoms with Crippen molar-refractivity contribution in [1.29, 1.82) is 0 Å². The molecule has 0 aliphatic rings. The number of sulfonamides is 1. The topological polar surface area (TPSA) is 84.5 Å². The zero-order valence-electron chi connectivity index (χ0n) is 17.6. The van der Waals surface area contributed by atoms with Gasteiger partial charge in [0, 0.05) is 22.7 Å². The molecule has 0 saturated heterocycles. The van der Waals surface area contributed by atoms with Crippen LogP contribution in [0.2, 0.25) is 0 Å². The molecule has 10 heteroatoms. The highest BCUT2D eigenvalue weighted by Crippen LogP contribution is 2.27. The van der Waals surface area contributed by atoms with Crippen LogP contribution in [0, 0.1) is 0 Å². The summed E-state index contributed by atoms with van der Waals surface area (Å²) in [6.45, 7) is 0.345. The maximum atomic E-state index is 12.7. The largest absolute Gasteiger partial charge is 0.496 e. The first-order chi connectivity index (χ1) is 15.8. The molecular formula is C23H22F2N2O4S2. The molecule has 6 nitrogen and oxygen atoms in total. The lowest BCUT2D eigenvalue weighted by Crippen LogP contribution is -2.26. The van der Waals surface area contributed by atoms with E-state index < -0.39 is 21.7 Å². The third kappa shape index (κ3) is 6.93. The van der Waals surface area contributed by atoms with E-state index in [1.54, 1.807) is 7.11 Å². The summed E-state index contributed by atoms with van der Waals surface area (Å²) in [4.78, 5) is 12.8. The summed E-state index contributed by atoms with van der Waals surface area (Å²) in [7, 11) is -2.40. The second-order valence-electron chi connectivity index (χ2n) is 6.85. The number of carbonyl (C=O) groups is 1. The number of alkyl halides is 2. The Morgan fingerprint density at radius 3 is 2.45 bits per heavy atom. The summed E-state index contributed by atoms with van der Waals surface area (Å²) in [5.41, 5.74) is 1.36. The number of methoxy groups -OCH3 is 1. The number of carbonyl (C=O) groups excluding carboxylic acids is 1. The maximum Gasteiger partial charge on any atom is 0.288 e. The first-order valence-electron chi connectivity index (χ1n) is 9.86. The minimum Gasteiger partial charge on any atom is -0.496 e. The number of thioether (sulfide) groups is 1. The second-order valence-corrected chi connectivity index (χ2v) is 9.60. The van der Waals surface area contributed by atoms with Gasteiger partial charge in [-0.05, 0) is 60.5 Å². The number of amides is 1. The molecule has 0 spiro atoms. The van der Waals surface area contributed by atoms with Gasteiger partial charge in [0.2, 0.25) is 0 Å². The van der Waals surface area contributed by atoms with Crippen LogP contribution in [-0.2, 0) is 16.4 Å². The van der Waals surface area contributed by atoms with Crippen LogP contribution >= 0.6 is 11.8 Å². The molecule has 3 rings (SSSR count). The van der Waals surface area contributed by atoms with E-state index in [1.165, 1.54) is 48.5 Å². The number of halogens is 2. The average Bonchev–Trinajstić information content (AvgIpc) is 2.80. The molecule has 174 valence electrons. The number of benzene rings is 3. The van der Waals surface area contributed by atoms with E-state index in [1.807, 2.05) is 24.3 Å². The van der Waals surface area contributed by atoms with Crippen LogP contribution in [0.25, 0.3) is 0 Å². The third-order valence-electron chi connectivity index (χ3n) is 4.61. The molecule has 0 heterocycles. The SMILES string of the molecule is COc1ccccc1CCNC(=O)c1cccc(S(=O)(=O)Nc2ccc(SC(F)F)cc2)c1. The minimum absolute atomic E-state index is 0.0917. The summed E-state index contributed by atoms with van der Waals surface area (Å²) in [6.07, 6.45) is 0.551. The molecule has 0 aliphatic heterocycles. The lowest BCUT2D eigenvalue weighted by molar-refractivity contribution is 0.0954. The van der Waals surface area contributed by atoms with Gasteiger partial charge in [-0.25, -0.2) is 8.42 Å². The fraction of sp³-hybridized carbons (Fsp3) is 0.174. The molecule has 0 aromatic heterocycles. The Morgan fingerprint density at radius 2 is 1.76 bits per heavy atom. The maximum absolute atomic E-state index is 12.7. The molecule has 0 bridgehead atoms. The van der Waals surface area contributed by atoms with Crippen molar-refractivity contribution in [1.82, 2.24) is 5.32 Å². The Balaban J connectivity index is 1.64. The number of hydrogen-bond donors (Lipinski definition) is 2. The van der Waals surface area contributed by atoms with Crippen LogP contribution in [-0.4, -0.2) is 33.7 Å². The summed E-state index contributed by atoms with van der Waals surface area (Å²) < 4.78 is 58.0. The van der Waals surface area contributed by atoms with Gasteiger partial charge in [-0.15, -0.1) is 0 Å². The van der Waals surface area contributed by atoms with E-state index in [4.69, 9.17) is 4.74 Å². The van der Waals surface area contributed by atoms with Crippen LogP contribution in [0.3, 0.4) is 0 Å². The average molecular weight is 493 g/mol. The zero-order chi connectivity index (χ0) is 23.8. The standard InChI is InChI=1S/C23H22F2N2O4S2/c1-31-21-8-3-2-5-16(21)13-14-26-22(28)17-6-4-7-20(15-17)33(29,30)27-18-9-11-19(12-10-18)32-23(24)25/h2-12,15,23,27H,13-14H2,1H3,(H,26,28). The molecule has 0 aliphatic carbocycles. The van der Waals surface area contributed by atoms with Crippen LogP contribution in [0.15, 0.2) is 82.6 Å². The van der Waals surface area contributed by atoms with Gasteiger partial charge in [-0.1, -0.05) is 36.0 Å². The van der Waals surface area contributed by atoms with E-state index in [0.29, 0.717) is 29.6 Å². The van der Waals surface area contributed by atoms with Gasteiger partial charge >= 0.3 is 0 Å². The van der Waals surface area contributed by atoms with Gasteiger partial charge in [0.25, 0.3) is 21.7 Å². The zero-order valence-corrected chi connectivity index (χ0v) is 19.3. The smallest absolute Gasteiger partial charge is 0.288 e. The van der Waals surface area contributed by atoms with Gasteiger partial charge in [0.1, 0.15) is 5.75 Å². The van der Waals surface area contributed by atoms with Crippen molar-refractivity contribution in [3.05, 3.63) is 83.9 Å². The predicted octanol–water partition coefficient (Wildman–Crippen LogP) is 4.78. The molecule has 2 N–H and O–H groups in total. The highest BCUT2D eigenvalue weighted by molar-refractivity contribution is 7.99. The third-order valence-corrected chi connectivity index (χ3v) is 6.71. The first kappa shape index (κ1) is 24.5. The number of ether oxygens (including phenoxy) is 1. The highest BCUT2D eigenvalue weighted by Gasteiger charge is 2.17. The fourth-order valence-electron chi connectivity index (χ4n) is 3.05. The lowest BCUT2D eigenvalue weighted by Gasteiger charge is -2.11. The van der Waals surface area contributed by atoms with E-state index in [0.717, 1.165) is 11.3 Å². The molecule has 0 saturated carbocycles. The number of para-hydroxylation sites is 1. The van der Waals surface area contributed by atoms with Crippen LogP contribution in [0.1, 0.15) is 15.9 Å². The second kappa shape index (κ2) is 11.2. The van der Waals surface area contributed by atoms with Crippen molar-refractivity contribution in [3.8, 4) is 5.75 Å². The fourth-order valence-corrected chi connectivity index (χ4v) is 4.65. The first-order valence-corrected chi connectivity index (χ1v) is 12.2. The van der Waals surface area contributed by atoms with Crippen molar-refractivity contribution in [2.45, 2.75) is 22.0 Å². The normalized spacial score (nSPS) is 11.3. The monoisotopic (exact) mass is 492 g/mol. The van der Waals surface area contributed by atoms with E-state index in [-0.39, 0.29) is 16.1 Å². The van der Waals surface area contributed by atoms with E-state index in [2.05, 4.69) is 10.0 Å². The van der Waals surface area contributed by atoms with Gasteiger partial charge < -0.3 is 10.1 Å². The van der Waals surface area contributed by atoms with Crippen molar-refractivity contribution < 1.29 is 26.7 Å². The predicted molar refractivity (Wildman–Crippen MR) is 125 cm³/mol. The van der Waals surface area contributed by atoms with Crippen LogP contribution in [0.5, 0.6) is 5.75 Å². The van der Waals surface area contributed by atoms with Gasteiger partial charge in [0.15, 0.2) is 0 Å². The van der Waals surface area contributed by atoms with Gasteiger partial charge in [0.05, 0.1) is 12.0 Å². The summed E-state index contributed by atoms with van der Waals surface area (Å²) >= 11 is 0.372. The molecule has 0 atom stereocenters. The minimum atomic E-state index is -3.98. The highest BCUT2D eigenvalue weighted by atomic mass is 32.2. The number of hydrogen-bond acceptors (Lipinski definition) is 5. The summed E-state index contributed by atoms with van der Waals surface area (Å²) in [5.74, 6) is -2.24. The van der Waals surface area contributed by atoms with Gasteiger partial charge in [-0.2, -0.15) is 8.78 Å². The number of nitrogens with one attached hydrogen (secondary N) is 2. The number of rotatable bonds is 10. The molecule has 33 heavy (non-hydrogen) atoms. The Bertz CT molecular complexity index is 1200. The Labute approximate surface area is 195 Å². The quantitative estimate of drug-likeness (QED) is 0.398. The molecule has 1 amide bonds. The molecular weight excluding hydrogens is 470 g/mol. The number of anilines is 1. The summed E-state index contributed by atoms with van der Waals surface area (Å²) in [6, 6.07) is 18.7.